The van der Waals surface area contributed by atoms with E-state index in [9.17, 15) is 14.4 Å². The highest BCUT2D eigenvalue weighted by Crippen LogP contribution is 2.18. The number of hydrogen-bond acceptors (Lipinski definition) is 6. The molecule has 0 saturated carbocycles. The number of esters is 1. The maximum absolute atomic E-state index is 11.8. The number of rotatable bonds is 7. The molecule has 1 fully saturated rings. The van der Waals surface area contributed by atoms with Gasteiger partial charge in [-0.15, -0.1) is 0 Å². The number of morpholine rings is 1. The van der Waals surface area contributed by atoms with Crippen molar-refractivity contribution in [2.24, 2.45) is 0 Å². The summed E-state index contributed by atoms with van der Waals surface area (Å²) in [5, 5.41) is 2.67. The summed E-state index contributed by atoms with van der Waals surface area (Å²) in [5.74, 6) is -1.05. The number of nitrogens with one attached hydrogen (secondary N) is 1. The van der Waals surface area contributed by atoms with Crippen molar-refractivity contribution in [1.29, 1.82) is 0 Å². The number of benzene rings is 1. The fourth-order valence-corrected chi connectivity index (χ4v) is 2.27. The summed E-state index contributed by atoms with van der Waals surface area (Å²) in [5.41, 5.74) is 1.71. The van der Waals surface area contributed by atoms with Crippen LogP contribution in [0.25, 0.3) is 0 Å². The molecular formula is C17H22N2O5. The molecule has 1 aromatic rings. The predicted molar refractivity (Wildman–Crippen MR) is 89.0 cm³/mol. The van der Waals surface area contributed by atoms with E-state index in [1.807, 2.05) is 12.1 Å². The zero-order chi connectivity index (χ0) is 17.4. The zero-order valence-corrected chi connectivity index (χ0v) is 13.7. The highest BCUT2D eigenvalue weighted by atomic mass is 16.5. The Balaban J connectivity index is 1.75. The molecule has 1 aliphatic rings. The van der Waals surface area contributed by atoms with Gasteiger partial charge in [-0.25, -0.2) is 0 Å². The molecule has 0 unspecified atom stereocenters. The summed E-state index contributed by atoms with van der Waals surface area (Å²) in [6, 6.07) is 7.47. The Morgan fingerprint density at radius 3 is 2.42 bits per heavy atom. The molecule has 1 aliphatic heterocycles. The fraction of sp³-hybridized carbons (Fsp3) is 0.471. The molecule has 7 nitrogen and oxygen atoms in total. The van der Waals surface area contributed by atoms with Crippen molar-refractivity contribution < 1.29 is 23.9 Å². The lowest BCUT2D eigenvalue weighted by atomic mass is 10.2. The number of carbonyl (C=O) groups is 3. The van der Waals surface area contributed by atoms with E-state index < -0.39 is 11.9 Å². The molecule has 1 N–H and O–H groups in total. The summed E-state index contributed by atoms with van der Waals surface area (Å²) in [4.78, 5) is 36.1. The number of carbonyl (C=O) groups excluding carboxylic acids is 3. The first kappa shape index (κ1) is 17.9. The highest BCUT2D eigenvalue weighted by molar-refractivity contribution is 5.93. The SMILES string of the molecule is CC(=O)CCC(=O)OCC(=O)Nc1ccc(N2CCOCC2)cc1. The number of hydrogen-bond donors (Lipinski definition) is 1. The molecule has 0 aromatic heterocycles. The summed E-state index contributed by atoms with van der Waals surface area (Å²) in [7, 11) is 0. The van der Waals surface area contributed by atoms with E-state index in [1.165, 1.54) is 6.92 Å². The zero-order valence-electron chi connectivity index (χ0n) is 13.7. The molecule has 0 spiro atoms. The average molecular weight is 334 g/mol. The van der Waals surface area contributed by atoms with E-state index in [0.29, 0.717) is 18.9 Å². The van der Waals surface area contributed by atoms with E-state index in [-0.39, 0.29) is 25.2 Å². The van der Waals surface area contributed by atoms with E-state index in [1.54, 1.807) is 12.1 Å². The maximum atomic E-state index is 11.8. The topological polar surface area (TPSA) is 84.9 Å². The Bertz CT molecular complexity index is 579. The lowest BCUT2D eigenvalue weighted by Gasteiger charge is -2.28. The summed E-state index contributed by atoms with van der Waals surface area (Å²) in [6.45, 7) is 4.17. The van der Waals surface area contributed by atoms with Crippen LogP contribution in [0.4, 0.5) is 11.4 Å². The van der Waals surface area contributed by atoms with Crippen LogP contribution in [0, 0.1) is 0 Å². The minimum absolute atomic E-state index is 0.00312. The van der Waals surface area contributed by atoms with Crippen LogP contribution in [0.2, 0.25) is 0 Å². The molecule has 1 aromatic carbocycles. The molecule has 7 heteroatoms. The quantitative estimate of drug-likeness (QED) is 0.758. The molecule has 0 atom stereocenters. The number of Topliss-reactive ketones (excluding diaryl/α,β-unsaturated/α-hetero) is 1. The average Bonchev–Trinajstić information content (AvgIpc) is 2.59. The van der Waals surface area contributed by atoms with Gasteiger partial charge in [0, 0.05) is 30.9 Å². The number of amides is 1. The monoisotopic (exact) mass is 334 g/mol. The van der Waals surface area contributed by atoms with Gasteiger partial charge in [-0.2, -0.15) is 0 Å². The molecule has 1 saturated heterocycles. The van der Waals surface area contributed by atoms with Gasteiger partial charge >= 0.3 is 5.97 Å². The van der Waals surface area contributed by atoms with Gasteiger partial charge in [0.2, 0.25) is 0 Å². The Labute approximate surface area is 140 Å². The number of ketones is 1. The smallest absolute Gasteiger partial charge is 0.306 e. The summed E-state index contributed by atoms with van der Waals surface area (Å²) < 4.78 is 10.1. The van der Waals surface area contributed by atoms with Gasteiger partial charge < -0.3 is 24.5 Å². The van der Waals surface area contributed by atoms with Crippen LogP contribution in [0.3, 0.4) is 0 Å². The van der Waals surface area contributed by atoms with Gasteiger partial charge in [0.1, 0.15) is 5.78 Å². The second kappa shape index (κ2) is 9.02. The number of nitrogens with zero attached hydrogens (tertiary/aromatic N) is 1. The standard InChI is InChI=1S/C17H22N2O5/c1-13(20)2-7-17(22)24-12-16(21)18-14-3-5-15(6-4-14)19-8-10-23-11-9-19/h3-6H,2,7-12H2,1H3,(H,18,21). The first-order chi connectivity index (χ1) is 11.5. The molecular weight excluding hydrogens is 312 g/mol. The van der Waals surface area contributed by atoms with Crippen LogP contribution in [0.1, 0.15) is 19.8 Å². The summed E-state index contributed by atoms with van der Waals surface area (Å²) >= 11 is 0. The lowest BCUT2D eigenvalue weighted by molar-refractivity contribution is -0.148. The van der Waals surface area contributed by atoms with E-state index in [2.05, 4.69) is 10.2 Å². The first-order valence-corrected chi connectivity index (χ1v) is 7.92. The first-order valence-electron chi connectivity index (χ1n) is 7.92. The van der Waals surface area contributed by atoms with Gasteiger partial charge in [0.05, 0.1) is 19.6 Å². The van der Waals surface area contributed by atoms with Gasteiger partial charge in [0.15, 0.2) is 6.61 Å². The fourth-order valence-electron chi connectivity index (χ4n) is 2.27. The molecule has 24 heavy (non-hydrogen) atoms. The van der Waals surface area contributed by atoms with Gasteiger partial charge in [0.25, 0.3) is 5.91 Å². The second-order valence-electron chi connectivity index (χ2n) is 5.56. The van der Waals surface area contributed by atoms with E-state index >= 15 is 0 Å². The number of anilines is 2. The van der Waals surface area contributed by atoms with E-state index in [4.69, 9.17) is 9.47 Å². The Kier molecular flexibility index (Phi) is 6.74. The van der Waals surface area contributed by atoms with Crippen molar-refractivity contribution in [2.75, 3.05) is 43.1 Å². The minimum atomic E-state index is -0.553. The van der Waals surface area contributed by atoms with Crippen molar-refractivity contribution in [3.63, 3.8) is 0 Å². The van der Waals surface area contributed by atoms with Gasteiger partial charge in [-0.3, -0.25) is 9.59 Å². The second-order valence-corrected chi connectivity index (χ2v) is 5.56. The van der Waals surface area contributed by atoms with Crippen molar-refractivity contribution in [3.8, 4) is 0 Å². The lowest BCUT2D eigenvalue weighted by Crippen LogP contribution is -2.36. The molecule has 130 valence electrons. The van der Waals surface area contributed by atoms with Crippen molar-refractivity contribution in [1.82, 2.24) is 0 Å². The van der Waals surface area contributed by atoms with Crippen LogP contribution in [0.15, 0.2) is 24.3 Å². The molecule has 0 bridgehead atoms. The highest BCUT2D eigenvalue weighted by Gasteiger charge is 2.12. The third kappa shape index (κ3) is 6.00. The van der Waals surface area contributed by atoms with Gasteiger partial charge in [-0.05, 0) is 31.2 Å². The molecule has 0 radical (unpaired) electrons. The van der Waals surface area contributed by atoms with Crippen LogP contribution >= 0.6 is 0 Å². The molecule has 0 aliphatic carbocycles. The normalized spacial score (nSPS) is 14.1. The Morgan fingerprint density at radius 2 is 1.79 bits per heavy atom. The van der Waals surface area contributed by atoms with Crippen molar-refractivity contribution in [3.05, 3.63) is 24.3 Å². The van der Waals surface area contributed by atoms with Crippen LogP contribution < -0.4 is 10.2 Å². The number of ether oxygens (including phenoxy) is 2. The Hall–Kier alpha value is -2.41. The van der Waals surface area contributed by atoms with Crippen LogP contribution in [-0.2, 0) is 23.9 Å². The Morgan fingerprint density at radius 1 is 1.12 bits per heavy atom. The molecule has 1 heterocycles. The van der Waals surface area contributed by atoms with Crippen molar-refractivity contribution in [2.45, 2.75) is 19.8 Å². The third-order valence-electron chi connectivity index (χ3n) is 3.57. The molecule has 2 rings (SSSR count). The van der Waals surface area contributed by atoms with Gasteiger partial charge in [-0.1, -0.05) is 0 Å². The predicted octanol–water partition coefficient (Wildman–Crippen LogP) is 1.37. The summed E-state index contributed by atoms with van der Waals surface area (Å²) in [6.07, 6.45) is 0.125. The van der Waals surface area contributed by atoms with Crippen LogP contribution in [0.5, 0.6) is 0 Å². The third-order valence-corrected chi connectivity index (χ3v) is 3.57. The molecule has 1 amide bonds. The van der Waals surface area contributed by atoms with Crippen molar-refractivity contribution >= 4 is 29.0 Å². The van der Waals surface area contributed by atoms with E-state index in [0.717, 1.165) is 18.8 Å². The van der Waals surface area contributed by atoms with Crippen LogP contribution in [-0.4, -0.2) is 50.6 Å². The minimum Gasteiger partial charge on any atom is -0.456 e. The maximum Gasteiger partial charge on any atom is 0.306 e. The largest absolute Gasteiger partial charge is 0.456 e.